The number of aliphatic hydroxyl groups excluding tert-OH is 8. The highest BCUT2D eigenvalue weighted by molar-refractivity contribution is 5.77. The first-order valence-corrected chi connectivity index (χ1v) is 17.7. The van der Waals surface area contributed by atoms with Gasteiger partial charge in [-0.05, 0) is 32.6 Å². The molecule has 3 aliphatic heterocycles. The summed E-state index contributed by atoms with van der Waals surface area (Å²) in [7, 11) is 0. The lowest BCUT2D eigenvalue weighted by Crippen LogP contribution is -2.68. The summed E-state index contributed by atoms with van der Waals surface area (Å²) in [5.41, 5.74) is 0. The van der Waals surface area contributed by atoms with Gasteiger partial charge in [-0.25, -0.2) is 0 Å². The predicted molar refractivity (Wildman–Crippen MR) is 175 cm³/mol. The van der Waals surface area contributed by atoms with E-state index in [-0.39, 0.29) is 37.8 Å². The Kier molecular flexibility index (Phi) is 18.4. The van der Waals surface area contributed by atoms with Gasteiger partial charge in [0.2, 0.25) is 17.7 Å². The molecule has 3 amide bonds. The van der Waals surface area contributed by atoms with E-state index in [1.165, 1.54) is 6.92 Å². The van der Waals surface area contributed by atoms with Gasteiger partial charge in [0.25, 0.3) is 0 Å². The van der Waals surface area contributed by atoms with Crippen LogP contribution in [0.4, 0.5) is 0 Å². The van der Waals surface area contributed by atoms with Crippen molar-refractivity contribution in [1.29, 1.82) is 0 Å². The van der Waals surface area contributed by atoms with Gasteiger partial charge in [0.1, 0.15) is 67.1 Å². The lowest BCUT2D eigenvalue weighted by Gasteiger charge is -2.49. The van der Waals surface area contributed by atoms with Crippen molar-refractivity contribution in [3.05, 3.63) is 0 Å². The van der Waals surface area contributed by atoms with Gasteiger partial charge in [0.15, 0.2) is 18.9 Å². The van der Waals surface area contributed by atoms with Crippen molar-refractivity contribution in [3.8, 4) is 0 Å². The largest absolute Gasteiger partial charge is 0.394 e. The maximum absolute atomic E-state index is 12.3. The second kappa shape index (κ2) is 21.7. The first-order chi connectivity index (χ1) is 24.7. The summed E-state index contributed by atoms with van der Waals surface area (Å²) < 4.78 is 35.1. The molecule has 6 unspecified atom stereocenters. The Bertz CT molecular complexity index is 1110. The standard InChI is InChI=1S/C32H57N3O17/c1-4-10-33-19(39)8-5-6-9-20(40)34-11-7-12-47-32-29(52-31-27(46)26(45)22(41)15(2)48-31)28(24(43)18(14-37)50-32)51-30-21(35-16(3)38)25(44)23(42)17(13-36)49-30/h15,17-18,21-32,36-37,41-46H,4-14H2,1-3H3,(H,33,39)(H,34,40)(H,35,38)/t15?,17?,18?,21?,22-,23+,24+,25-,26+,27?,28+,29?,30+,31+,32-/m1/s1. The summed E-state index contributed by atoms with van der Waals surface area (Å²) in [6, 6.07) is -1.44. The van der Waals surface area contributed by atoms with Crippen LogP contribution in [-0.4, -0.2) is 184 Å². The average molecular weight is 756 g/mol. The van der Waals surface area contributed by atoms with Gasteiger partial charge < -0.3 is 85.2 Å². The SMILES string of the molecule is CCCNC(=O)CCCCC(=O)NCCCO[C@@H]1OC(CO)[C@H](O)[C@H](O[C@@H]2OC(CO)[C@H](O)[C@H](O)C2NC(C)=O)C1O[C@@H]1OC(C)[C@@H](O)[C@H](O)C1O. The summed E-state index contributed by atoms with van der Waals surface area (Å²) in [5.74, 6) is -0.936. The average Bonchev–Trinajstić information content (AvgIpc) is 3.11. The second-order valence-electron chi connectivity index (χ2n) is 13.2. The van der Waals surface area contributed by atoms with E-state index < -0.39 is 111 Å². The number of hydrogen-bond donors (Lipinski definition) is 11. The van der Waals surface area contributed by atoms with Crippen molar-refractivity contribution in [2.75, 3.05) is 32.9 Å². The van der Waals surface area contributed by atoms with Gasteiger partial charge >= 0.3 is 0 Å². The van der Waals surface area contributed by atoms with Gasteiger partial charge in [-0.15, -0.1) is 0 Å². The van der Waals surface area contributed by atoms with Crippen LogP contribution in [0.15, 0.2) is 0 Å². The number of nitrogens with one attached hydrogen (secondary N) is 3. The summed E-state index contributed by atoms with van der Waals surface area (Å²) in [4.78, 5) is 36.0. The summed E-state index contributed by atoms with van der Waals surface area (Å²) in [6.07, 6.45) is -19.1. The highest BCUT2D eigenvalue weighted by Gasteiger charge is 2.54. The quantitative estimate of drug-likeness (QED) is 0.0552. The minimum atomic E-state index is -1.81. The van der Waals surface area contributed by atoms with E-state index in [1.807, 2.05) is 6.92 Å². The molecule has 3 heterocycles. The van der Waals surface area contributed by atoms with Crippen LogP contribution in [0.2, 0.25) is 0 Å². The first kappa shape index (κ1) is 44.2. The van der Waals surface area contributed by atoms with Gasteiger partial charge in [0.05, 0.1) is 25.9 Å². The Morgan fingerprint density at radius 2 is 1.23 bits per heavy atom. The van der Waals surface area contributed by atoms with E-state index >= 15 is 0 Å². The Morgan fingerprint density at radius 3 is 1.83 bits per heavy atom. The number of unbranched alkanes of at least 4 members (excludes halogenated alkanes) is 1. The van der Waals surface area contributed by atoms with Crippen LogP contribution in [0, 0.1) is 0 Å². The van der Waals surface area contributed by atoms with Crippen molar-refractivity contribution < 1.29 is 83.7 Å². The molecule has 0 spiro atoms. The van der Waals surface area contributed by atoms with E-state index in [1.54, 1.807) is 0 Å². The number of carbonyl (C=O) groups excluding carboxylic acids is 3. The Morgan fingerprint density at radius 1 is 0.654 bits per heavy atom. The van der Waals surface area contributed by atoms with Crippen LogP contribution < -0.4 is 16.0 Å². The molecule has 0 saturated carbocycles. The Labute approximate surface area is 301 Å². The number of ether oxygens (including phenoxy) is 6. The number of carbonyl (C=O) groups is 3. The van der Waals surface area contributed by atoms with E-state index in [2.05, 4.69) is 16.0 Å². The zero-order chi connectivity index (χ0) is 38.5. The molecular formula is C32H57N3O17. The number of aliphatic hydroxyl groups is 8. The van der Waals surface area contributed by atoms with Crippen molar-refractivity contribution in [1.82, 2.24) is 16.0 Å². The lowest BCUT2D eigenvalue weighted by atomic mass is 9.95. The van der Waals surface area contributed by atoms with Crippen LogP contribution in [0.25, 0.3) is 0 Å². The Balaban J connectivity index is 1.74. The highest BCUT2D eigenvalue weighted by atomic mass is 16.8. The van der Waals surface area contributed by atoms with Crippen molar-refractivity contribution in [3.63, 3.8) is 0 Å². The summed E-state index contributed by atoms with van der Waals surface area (Å²) in [6.45, 7) is 3.69. The van der Waals surface area contributed by atoms with Crippen molar-refractivity contribution in [2.24, 2.45) is 0 Å². The molecule has 0 bridgehead atoms. The van der Waals surface area contributed by atoms with Gasteiger partial charge in [-0.1, -0.05) is 6.92 Å². The van der Waals surface area contributed by atoms with E-state index in [0.717, 1.165) is 13.3 Å². The fraction of sp³-hybridized carbons (Fsp3) is 0.906. The number of hydrogen-bond acceptors (Lipinski definition) is 17. The molecule has 52 heavy (non-hydrogen) atoms. The third-order valence-electron chi connectivity index (χ3n) is 9.00. The molecule has 3 saturated heterocycles. The molecule has 0 radical (unpaired) electrons. The maximum Gasteiger partial charge on any atom is 0.219 e. The molecule has 3 aliphatic rings. The zero-order valence-corrected chi connectivity index (χ0v) is 29.7. The van der Waals surface area contributed by atoms with Gasteiger partial charge in [-0.3, -0.25) is 14.4 Å². The van der Waals surface area contributed by atoms with Crippen LogP contribution >= 0.6 is 0 Å². The van der Waals surface area contributed by atoms with Crippen LogP contribution in [0.3, 0.4) is 0 Å². The monoisotopic (exact) mass is 755 g/mol. The number of rotatable bonds is 19. The van der Waals surface area contributed by atoms with Crippen LogP contribution in [0.5, 0.6) is 0 Å². The molecule has 3 fully saturated rings. The third-order valence-corrected chi connectivity index (χ3v) is 9.00. The molecule has 15 atom stereocenters. The maximum atomic E-state index is 12.3. The topological polar surface area (TPSA) is 305 Å². The van der Waals surface area contributed by atoms with Crippen molar-refractivity contribution in [2.45, 2.75) is 151 Å². The van der Waals surface area contributed by atoms with Gasteiger partial charge in [-0.2, -0.15) is 0 Å². The molecular weight excluding hydrogens is 698 g/mol. The molecule has 0 aromatic rings. The zero-order valence-electron chi connectivity index (χ0n) is 29.7. The first-order valence-electron chi connectivity index (χ1n) is 17.7. The molecule has 20 nitrogen and oxygen atoms in total. The predicted octanol–water partition coefficient (Wildman–Crippen LogP) is -4.78. The number of amides is 3. The molecule has 0 aromatic heterocycles. The second-order valence-corrected chi connectivity index (χ2v) is 13.2. The van der Waals surface area contributed by atoms with Crippen LogP contribution in [-0.2, 0) is 42.8 Å². The van der Waals surface area contributed by atoms with Crippen molar-refractivity contribution >= 4 is 17.7 Å². The Hall–Kier alpha value is -2.15. The fourth-order valence-electron chi connectivity index (χ4n) is 6.01. The smallest absolute Gasteiger partial charge is 0.219 e. The van der Waals surface area contributed by atoms with E-state index in [4.69, 9.17) is 28.4 Å². The van der Waals surface area contributed by atoms with E-state index in [9.17, 15) is 55.2 Å². The summed E-state index contributed by atoms with van der Waals surface area (Å²) >= 11 is 0. The molecule has 302 valence electrons. The molecule has 20 heteroatoms. The molecule has 0 aromatic carbocycles. The molecule has 3 rings (SSSR count). The summed E-state index contributed by atoms with van der Waals surface area (Å²) in [5, 5.41) is 91.7. The minimum absolute atomic E-state index is 0.0624. The molecule has 11 N–H and O–H groups in total. The van der Waals surface area contributed by atoms with Gasteiger partial charge in [0, 0.05) is 32.9 Å². The third kappa shape index (κ3) is 12.2. The highest BCUT2D eigenvalue weighted by Crippen LogP contribution is 2.34. The van der Waals surface area contributed by atoms with E-state index in [0.29, 0.717) is 25.8 Å². The lowest BCUT2D eigenvalue weighted by molar-refractivity contribution is -0.385. The molecule has 0 aliphatic carbocycles. The normalized spacial score (nSPS) is 38.0. The minimum Gasteiger partial charge on any atom is -0.394 e. The van der Waals surface area contributed by atoms with Crippen LogP contribution in [0.1, 0.15) is 59.3 Å². The fourth-order valence-corrected chi connectivity index (χ4v) is 6.01.